The monoisotopic (exact) mass is 293 g/mol. The maximum Gasteiger partial charge on any atom is 0.329 e. The summed E-state index contributed by atoms with van der Waals surface area (Å²) in [5, 5.41) is 13.6. The molecule has 7 heteroatoms. The number of carbonyl (C=O) groups excluding carboxylic acids is 1. The number of carboxylic acids is 1. The zero-order valence-corrected chi connectivity index (χ0v) is 11.6. The standard InChI is InChI=1S/C14H19N3O4/c18-13(19)12(11-4-2-1-3-5-11)10-15-14(20)16-17-6-8-21-9-7-17/h1-5,12H,6-10H2,(H,18,19)(H2,15,16,20). The first-order valence-corrected chi connectivity index (χ1v) is 6.82. The van der Waals surface area contributed by atoms with Crippen LogP contribution < -0.4 is 10.7 Å². The van der Waals surface area contributed by atoms with Crippen molar-refractivity contribution < 1.29 is 19.4 Å². The molecule has 7 nitrogen and oxygen atoms in total. The fourth-order valence-corrected chi connectivity index (χ4v) is 2.09. The lowest BCUT2D eigenvalue weighted by molar-refractivity contribution is -0.138. The molecule has 0 spiro atoms. The highest BCUT2D eigenvalue weighted by Crippen LogP contribution is 2.14. The number of benzene rings is 1. The molecule has 1 aromatic rings. The van der Waals surface area contributed by atoms with Gasteiger partial charge in [0, 0.05) is 19.6 Å². The molecule has 0 aromatic heterocycles. The van der Waals surface area contributed by atoms with Gasteiger partial charge in [0.25, 0.3) is 0 Å². The van der Waals surface area contributed by atoms with Gasteiger partial charge in [0.2, 0.25) is 0 Å². The van der Waals surface area contributed by atoms with Crippen molar-refractivity contribution in [1.82, 2.24) is 15.8 Å². The molecule has 21 heavy (non-hydrogen) atoms. The van der Waals surface area contributed by atoms with Crippen LogP contribution >= 0.6 is 0 Å². The number of nitrogens with zero attached hydrogens (tertiary/aromatic N) is 1. The number of nitrogens with one attached hydrogen (secondary N) is 2. The Morgan fingerprint density at radius 2 is 1.90 bits per heavy atom. The molecule has 1 atom stereocenters. The summed E-state index contributed by atoms with van der Waals surface area (Å²) < 4.78 is 5.18. The third-order valence-electron chi connectivity index (χ3n) is 3.24. The summed E-state index contributed by atoms with van der Waals surface area (Å²) in [7, 11) is 0. The molecule has 1 aromatic carbocycles. The summed E-state index contributed by atoms with van der Waals surface area (Å²) >= 11 is 0. The van der Waals surface area contributed by atoms with Crippen LogP contribution in [0.25, 0.3) is 0 Å². The highest BCUT2D eigenvalue weighted by Gasteiger charge is 2.21. The summed E-state index contributed by atoms with van der Waals surface area (Å²) in [5.74, 6) is -1.73. The van der Waals surface area contributed by atoms with Gasteiger partial charge in [0.15, 0.2) is 0 Å². The quantitative estimate of drug-likeness (QED) is 0.731. The molecule has 1 fully saturated rings. The number of aliphatic carboxylic acids is 1. The lowest BCUT2D eigenvalue weighted by atomic mass is 9.99. The van der Waals surface area contributed by atoms with Crippen LogP contribution in [0, 0.1) is 0 Å². The Morgan fingerprint density at radius 3 is 2.52 bits per heavy atom. The number of ether oxygens (including phenoxy) is 1. The molecule has 0 bridgehead atoms. The van der Waals surface area contributed by atoms with Crippen LogP contribution in [0.15, 0.2) is 30.3 Å². The Balaban J connectivity index is 1.84. The Morgan fingerprint density at radius 1 is 1.24 bits per heavy atom. The lowest BCUT2D eigenvalue weighted by Gasteiger charge is -2.27. The topological polar surface area (TPSA) is 90.9 Å². The van der Waals surface area contributed by atoms with Crippen molar-refractivity contribution in [1.29, 1.82) is 0 Å². The van der Waals surface area contributed by atoms with Crippen LogP contribution in [0.1, 0.15) is 11.5 Å². The fourth-order valence-electron chi connectivity index (χ4n) is 2.09. The van der Waals surface area contributed by atoms with Gasteiger partial charge in [-0.25, -0.2) is 9.80 Å². The van der Waals surface area contributed by atoms with Crippen molar-refractivity contribution in [3.63, 3.8) is 0 Å². The van der Waals surface area contributed by atoms with E-state index in [-0.39, 0.29) is 6.54 Å². The lowest BCUT2D eigenvalue weighted by Crippen LogP contribution is -2.52. The average Bonchev–Trinajstić information content (AvgIpc) is 2.49. The largest absolute Gasteiger partial charge is 0.481 e. The van der Waals surface area contributed by atoms with Gasteiger partial charge in [0.1, 0.15) is 0 Å². The number of rotatable bonds is 5. The normalized spacial score (nSPS) is 17.0. The number of hydrogen-bond acceptors (Lipinski definition) is 4. The van der Waals surface area contributed by atoms with Crippen LogP contribution in [0.4, 0.5) is 4.79 Å². The van der Waals surface area contributed by atoms with E-state index in [2.05, 4.69) is 10.7 Å². The van der Waals surface area contributed by atoms with Crippen LogP contribution in [0.2, 0.25) is 0 Å². The van der Waals surface area contributed by atoms with Crippen molar-refractivity contribution in [2.24, 2.45) is 0 Å². The summed E-state index contributed by atoms with van der Waals surface area (Å²) in [5.41, 5.74) is 3.34. The molecule has 2 rings (SSSR count). The molecule has 1 aliphatic rings. The van der Waals surface area contributed by atoms with Gasteiger partial charge in [-0.05, 0) is 5.56 Å². The summed E-state index contributed by atoms with van der Waals surface area (Å²) in [6.45, 7) is 2.42. The van der Waals surface area contributed by atoms with E-state index >= 15 is 0 Å². The van der Waals surface area contributed by atoms with Crippen molar-refractivity contribution in [3.8, 4) is 0 Å². The predicted octanol–water partition coefficient (Wildman–Crippen LogP) is 0.401. The first kappa shape index (κ1) is 15.3. The summed E-state index contributed by atoms with van der Waals surface area (Å²) in [6.07, 6.45) is 0. The highest BCUT2D eigenvalue weighted by atomic mass is 16.5. The van der Waals surface area contributed by atoms with Crippen LogP contribution in [0.5, 0.6) is 0 Å². The molecule has 1 saturated heterocycles. The van der Waals surface area contributed by atoms with E-state index in [0.29, 0.717) is 31.9 Å². The Kier molecular flexibility index (Phi) is 5.53. The molecule has 1 heterocycles. The summed E-state index contributed by atoms with van der Waals surface area (Å²) in [6, 6.07) is 8.44. The van der Waals surface area contributed by atoms with Crippen LogP contribution in [-0.4, -0.2) is 55.0 Å². The van der Waals surface area contributed by atoms with Gasteiger partial charge in [-0.3, -0.25) is 10.2 Å². The Hall–Kier alpha value is -2.12. The van der Waals surface area contributed by atoms with Gasteiger partial charge in [0.05, 0.1) is 19.1 Å². The van der Waals surface area contributed by atoms with E-state index < -0.39 is 17.9 Å². The number of carbonyl (C=O) groups is 2. The van der Waals surface area contributed by atoms with Crippen LogP contribution in [-0.2, 0) is 9.53 Å². The van der Waals surface area contributed by atoms with E-state index in [1.165, 1.54) is 0 Å². The highest BCUT2D eigenvalue weighted by molar-refractivity contribution is 5.78. The smallest absolute Gasteiger partial charge is 0.329 e. The molecule has 0 aliphatic carbocycles. The Bertz CT molecular complexity index is 474. The minimum Gasteiger partial charge on any atom is -0.481 e. The molecule has 1 unspecified atom stereocenters. The maximum atomic E-state index is 11.8. The SMILES string of the molecule is O=C(NCC(C(=O)O)c1ccccc1)NN1CCOCC1. The average molecular weight is 293 g/mol. The molecule has 3 N–H and O–H groups in total. The van der Waals surface area contributed by atoms with Crippen molar-refractivity contribution in [2.75, 3.05) is 32.8 Å². The number of carboxylic acid groups (broad SMARTS) is 1. The second-order valence-electron chi connectivity index (χ2n) is 4.72. The van der Waals surface area contributed by atoms with E-state index in [4.69, 9.17) is 4.74 Å². The van der Waals surface area contributed by atoms with E-state index in [0.717, 1.165) is 0 Å². The van der Waals surface area contributed by atoms with Crippen LogP contribution in [0.3, 0.4) is 0 Å². The Labute approximate surface area is 122 Å². The number of morpholine rings is 1. The van der Waals surface area contributed by atoms with Crippen molar-refractivity contribution >= 4 is 12.0 Å². The van der Waals surface area contributed by atoms with Crippen molar-refractivity contribution in [2.45, 2.75) is 5.92 Å². The number of hydrogen-bond donors (Lipinski definition) is 3. The molecular weight excluding hydrogens is 274 g/mol. The minimum absolute atomic E-state index is 0.0372. The number of urea groups is 1. The molecule has 114 valence electrons. The van der Waals surface area contributed by atoms with E-state index in [1.807, 2.05) is 6.07 Å². The molecule has 0 saturated carbocycles. The minimum atomic E-state index is -0.965. The number of hydrazine groups is 1. The zero-order valence-electron chi connectivity index (χ0n) is 11.6. The van der Waals surface area contributed by atoms with Gasteiger partial charge < -0.3 is 15.2 Å². The summed E-state index contributed by atoms with van der Waals surface area (Å²) in [4.78, 5) is 23.1. The zero-order chi connectivity index (χ0) is 15.1. The molecule has 2 amide bonds. The third-order valence-corrected chi connectivity index (χ3v) is 3.24. The fraction of sp³-hybridized carbons (Fsp3) is 0.429. The van der Waals surface area contributed by atoms with Gasteiger partial charge in [-0.2, -0.15) is 0 Å². The van der Waals surface area contributed by atoms with Crippen molar-refractivity contribution in [3.05, 3.63) is 35.9 Å². The van der Waals surface area contributed by atoms with Gasteiger partial charge in [-0.15, -0.1) is 0 Å². The first-order chi connectivity index (χ1) is 10.2. The molecule has 1 aliphatic heterocycles. The second-order valence-corrected chi connectivity index (χ2v) is 4.72. The van der Waals surface area contributed by atoms with Gasteiger partial charge in [-0.1, -0.05) is 30.3 Å². The predicted molar refractivity (Wildman–Crippen MR) is 75.7 cm³/mol. The maximum absolute atomic E-state index is 11.8. The van der Waals surface area contributed by atoms with Gasteiger partial charge >= 0.3 is 12.0 Å². The first-order valence-electron chi connectivity index (χ1n) is 6.82. The number of amides is 2. The molecular formula is C14H19N3O4. The molecule has 0 radical (unpaired) electrons. The third kappa shape index (κ3) is 4.73. The second kappa shape index (κ2) is 7.61. The van der Waals surface area contributed by atoms with E-state index in [1.54, 1.807) is 29.3 Å². The van der Waals surface area contributed by atoms with E-state index in [9.17, 15) is 14.7 Å².